The van der Waals surface area contributed by atoms with Crippen LogP contribution >= 0.6 is 15.9 Å². The number of rotatable bonds is 3. The van der Waals surface area contributed by atoms with Crippen LogP contribution < -0.4 is 10.1 Å². The predicted octanol–water partition coefficient (Wildman–Crippen LogP) is 3.93. The zero-order valence-electron chi connectivity index (χ0n) is 10.8. The monoisotopic (exact) mass is 333 g/mol. The van der Waals surface area contributed by atoms with E-state index >= 15 is 0 Å². The quantitative estimate of drug-likeness (QED) is 0.739. The Morgan fingerprint density at radius 2 is 2.05 bits per heavy atom. The molecule has 1 N–H and O–H groups in total. The number of anilines is 1. The highest BCUT2D eigenvalue weighted by molar-refractivity contribution is 9.09. The molecule has 0 saturated heterocycles. The maximum Gasteiger partial charge on any atom is 0.235 e. The second kappa shape index (κ2) is 5.17. The summed E-state index contributed by atoms with van der Waals surface area (Å²) in [5.74, 6) is 0.470. The Bertz CT molecular complexity index is 794. The summed E-state index contributed by atoms with van der Waals surface area (Å²) in [6.07, 6.45) is 0. The van der Waals surface area contributed by atoms with Crippen molar-refractivity contribution in [3.05, 3.63) is 36.4 Å². The molecule has 20 heavy (non-hydrogen) atoms. The van der Waals surface area contributed by atoms with Gasteiger partial charge in [-0.25, -0.2) is 0 Å². The molecule has 3 rings (SSSR count). The van der Waals surface area contributed by atoms with E-state index in [1.807, 2.05) is 30.3 Å². The molecule has 0 atom stereocenters. The van der Waals surface area contributed by atoms with Crippen LogP contribution in [0.5, 0.6) is 5.75 Å². The highest BCUT2D eigenvalue weighted by atomic mass is 79.9. The number of methoxy groups -OCH3 is 1. The van der Waals surface area contributed by atoms with E-state index in [0.717, 1.165) is 21.9 Å². The number of hydrogen-bond acceptors (Lipinski definition) is 3. The lowest BCUT2D eigenvalue weighted by Gasteiger charge is -2.09. The van der Waals surface area contributed by atoms with Crippen LogP contribution in [0.2, 0.25) is 0 Å². The largest absolute Gasteiger partial charge is 0.495 e. The SMILES string of the molecule is COc1cc2c(cc1NC(=O)CBr)oc1ccccc12. The fraction of sp³-hybridized carbons (Fsp3) is 0.133. The van der Waals surface area contributed by atoms with Gasteiger partial charge in [0.1, 0.15) is 16.9 Å². The molecule has 0 unspecified atom stereocenters. The number of amides is 1. The molecule has 0 bridgehead atoms. The van der Waals surface area contributed by atoms with Gasteiger partial charge in [0.15, 0.2) is 0 Å². The van der Waals surface area contributed by atoms with Crippen LogP contribution in [0.3, 0.4) is 0 Å². The summed E-state index contributed by atoms with van der Waals surface area (Å²) in [5.41, 5.74) is 2.13. The highest BCUT2D eigenvalue weighted by Gasteiger charge is 2.13. The van der Waals surface area contributed by atoms with Gasteiger partial charge >= 0.3 is 0 Å². The maximum absolute atomic E-state index is 11.5. The zero-order valence-corrected chi connectivity index (χ0v) is 12.4. The molecule has 2 aromatic carbocycles. The molecule has 0 aliphatic heterocycles. The van der Waals surface area contributed by atoms with Crippen LogP contribution in [0, 0.1) is 0 Å². The van der Waals surface area contributed by atoms with Gasteiger partial charge in [0.05, 0.1) is 18.1 Å². The number of benzene rings is 2. The third-order valence-corrected chi connectivity index (χ3v) is 3.60. The molecule has 1 amide bonds. The number of fused-ring (bicyclic) bond motifs is 3. The third kappa shape index (κ3) is 2.14. The van der Waals surface area contributed by atoms with Gasteiger partial charge < -0.3 is 14.5 Å². The van der Waals surface area contributed by atoms with Crippen molar-refractivity contribution < 1.29 is 13.9 Å². The van der Waals surface area contributed by atoms with Gasteiger partial charge in [-0.3, -0.25) is 4.79 Å². The lowest BCUT2D eigenvalue weighted by atomic mass is 10.1. The number of furan rings is 1. The molecule has 0 saturated carbocycles. The lowest BCUT2D eigenvalue weighted by molar-refractivity contribution is -0.113. The van der Waals surface area contributed by atoms with E-state index in [2.05, 4.69) is 21.2 Å². The number of para-hydroxylation sites is 1. The molecule has 5 heteroatoms. The van der Waals surface area contributed by atoms with E-state index in [4.69, 9.17) is 9.15 Å². The Morgan fingerprint density at radius 1 is 1.25 bits per heavy atom. The van der Waals surface area contributed by atoms with E-state index in [9.17, 15) is 4.79 Å². The second-order valence-electron chi connectivity index (χ2n) is 4.33. The summed E-state index contributed by atoms with van der Waals surface area (Å²) in [5, 5.41) is 5.00. The summed E-state index contributed by atoms with van der Waals surface area (Å²) >= 11 is 3.12. The van der Waals surface area contributed by atoms with Gasteiger partial charge in [0.25, 0.3) is 0 Å². The number of hydrogen-bond donors (Lipinski definition) is 1. The van der Waals surface area contributed by atoms with Crippen LogP contribution in [0.1, 0.15) is 0 Å². The van der Waals surface area contributed by atoms with Crippen molar-refractivity contribution >= 4 is 49.5 Å². The molecule has 1 heterocycles. The summed E-state index contributed by atoms with van der Waals surface area (Å²) < 4.78 is 11.1. The fourth-order valence-corrected chi connectivity index (χ4v) is 2.34. The van der Waals surface area contributed by atoms with Crippen molar-refractivity contribution in [3.8, 4) is 5.75 Å². The summed E-state index contributed by atoms with van der Waals surface area (Å²) in [4.78, 5) is 11.5. The van der Waals surface area contributed by atoms with E-state index in [0.29, 0.717) is 11.4 Å². The van der Waals surface area contributed by atoms with Gasteiger partial charge in [-0.2, -0.15) is 0 Å². The van der Waals surface area contributed by atoms with E-state index in [1.54, 1.807) is 13.2 Å². The fourth-order valence-electron chi connectivity index (χ4n) is 2.20. The molecule has 0 spiro atoms. The Kier molecular flexibility index (Phi) is 3.36. The standard InChI is InChI=1S/C15H12BrNO3/c1-19-14-6-10-9-4-2-3-5-12(9)20-13(10)7-11(14)17-15(18)8-16/h2-7H,8H2,1H3,(H,17,18). The summed E-state index contributed by atoms with van der Waals surface area (Å²) in [6.45, 7) is 0. The summed E-state index contributed by atoms with van der Waals surface area (Å²) in [7, 11) is 1.58. The van der Waals surface area contributed by atoms with Crippen LogP contribution in [0.4, 0.5) is 5.69 Å². The van der Waals surface area contributed by atoms with Gasteiger partial charge in [-0.05, 0) is 12.1 Å². The van der Waals surface area contributed by atoms with Crippen molar-refractivity contribution in [3.63, 3.8) is 0 Å². The molecule has 4 nitrogen and oxygen atoms in total. The number of carbonyl (C=O) groups is 1. The first kappa shape index (κ1) is 13.0. The van der Waals surface area contributed by atoms with Crippen molar-refractivity contribution in [1.82, 2.24) is 0 Å². The maximum atomic E-state index is 11.5. The molecule has 0 aliphatic carbocycles. The molecule has 102 valence electrons. The first-order chi connectivity index (χ1) is 9.72. The summed E-state index contributed by atoms with van der Waals surface area (Å²) in [6, 6.07) is 11.5. The van der Waals surface area contributed by atoms with Crippen LogP contribution in [0.25, 0.3) is 21.9 Å². The van der Waals surface area contributed by atoms with Crippen molar-refractivity contribution in [1.29, 1.82) is 0 Å². The first-order valence-corrected chi connectivity index (χ1v) is 7.20. The number of alkyl halides is 1. The average Bonchev–Trinajstić information content (AvgIpc) is 2.83. The van der Waals surface area contributed by atoms with Crippen molar-refractivity contribution in [2.45, 2.75) is 0 Å². The first-order valence-electron chi connectivity index (χ1n) is 6.08. The van der Waals surface area contributed by atoms with Crippen molar-refractivity contribution in [2.24, 2.45) is 0 Å². The molecule has 0 fully saturated rings. The molecule has 0 radical (unpaired) electrons. The van der Waals surface area contributed by atoms with Crippen LogP contribution in [-0.4, -0.2) is 18.3 Å². The molecule has 1 aromatic heterocycles. The molecular weight excluding hydrogens is 322 g/mol. The number of nitrogens with one attached hydrogen (secondary N) is 1. The zero-order chi connectivity index (χ0) is 14.1. The number of halogens is 1. The number of ether oxygens (including phenoxy) is 1. The van der Waals surface area contributed by atoms with E-state index < -0.39 is 0 Å². The lowest BCUT2D eigenvalue weighted by Crippen LogP contribution is -2.12. The van der Waals surface area contributed by atoms with Crippen LogP contribution in [-0.2, 0) is 4.79 Å². The normalized spacial score (nSPS) is 10.9. The minimum atomic E-state index is -0.140. The minimum Gasteiger partial charge on any atom is -0.495 e. The molecule has 0 aliphatic rings. The Morgan fingerprint density at radius 3 is 2.80 bits per heavy atom. The molecular formula is C15H12BrNO3. The van der Waals surface area contributed by atoms with Crippen molar-refractivity contribution in [2.75, 3.05) is 17.8 Å². The average molecular weight is 334 g/mol. The van der Waals surface area contributed by atoms with E-state index in [1.165, 1.54) is 0 Å². The Hall–Kier alpha value is -2.01. The minimum absolute atomic E-state index is 0.140. The van der Waals surface area contributed by atoms with Gasteiger partial charge in [0, 0.05) is 16.8 Å². The Labute approximate surface area is 123 Å². The Balaban J connectivity index is 2.21. The third-order valence-electron chi connectivity index (χ3n) is 3.09. The van der Waals surface area contributed by atoms with E-state index in [-0.39, 0.29) is 11.2 Å². The van der Waals surface area contributed by atoms with Gasteiger partial charge in [-0.1, -0.05) is 34.1 Å². The highest BCUT2D eigenvalue weighted by Crippen LogP contribution is 2.36. The topological polar surface area (TPSA) is 51.5 Å². The molecule has 3 aromatic rings. The van der Waals surface area contributed by atoms with Gasteiger partial charge in [-0.15, -0.1) is 0 Å². The van der Waals surface area contributed by atoms with Gasteiger partial charge in [0.2, 0.25) is 5.91 Å². The second-order valence-corrected chi connectivity index (χ2v) is 4.89. The van der Waals surface area contributed by atoms with Crippen LogP contribution in [0.15, 0.2) is 40.8 Å². The predicted molar refractivity (Wildman–Crippen MR) is 82.7 cm³/mol. The number of carbonyl (C=O) groups excluding carboxylic acids is 1. The smallest absolute Gasteiger partial charge is 0.235 e.